The molecule has 2 heterocycles. The van der Waals surface area contributed by atoms with E-state index in [2.05, 4.69) is 10.2 Å². The molecular weight excluding hydrogens is 256 g/mol. The summed E-state index contributed by atoms with van der Waals surface area (Å²) in [5.74, 6) is 0.469. The quantitative estimate of drug-likeness (QED) is 0.726. The lowest BCUT2D eigenvalue weighted by atomic mass is 10.2. The van der Waals surface area contributed by atoms with Gasteiger partial charge in [0.1, 0.15) is 0 Å². The number of amides is 2. The second kappa shape index (κ2) is 6.10. The van der Waals surface area contributed by atoms with Gasteiger partial charge in [0.25, 0.3) is 0 Å². The van der Waals surface area contributed by atoms with Gasteiger partial charge in [0.05, 0.1) is 6.54 Å². The Morgan fingerprint density at radius 1 is 1.15 bits per heavy atom. The molecule has 0 aromatic heterocycles. The van der Waals surface area contributed by atoms with E-state index in [0.29, 0.717) is 25.6 Å². The van der Waals surface area contributed by atoms with E-state index < -0.39 is 0 Å². The summed E-state index contributed by atoms with van der Waals surface area (Å²) in [6, 6.07) is 0.520. The van der Waals surface area contributed by atoms with E-state index >= 15 is 0 Å². The highest BCUT2D eigenvalue weighted by atomic mass is 16.2. The number of carbonyl (C=O) groups is 2. The highest BCUT2D eigenvalue weighted by molar-refractivity contribution is 5.80. The van der Waals surface area contributed by atoms with Gasteiger partial charge in [-0.1, -0.05) is 0 Å². The second-order valence-corrected chi connectivity index (χ2v) is 5.98. The summed E-state index contributed by atoms with van der Waals surface area (Å²) < 4.78 is 0. The molecule has 6 nitrogen and oxygen atoms in total. The second-order valence-electron chi connectivity index (χ2n) is 5.98. The Kier molecular flexibility index (Phi) is 4.21. The van der Waals surface area contributed by atoms with Crippen molar-refractivity contribution in [1.29, 1.82) is 0 Å². The van der Waals surface area contributed by atoms with E-state index in [1.807, 2.05) is 9.80 Å². The van der Waals surface area contributed by atoms with Crippen LogP contribution in [-0.4, -0.2) is 84.9 Å². The first-order valence-electron chi connectivity index (χ1n) is 7.74. The highest BCUT2D eigenvalue weighted by Gasteiger charge is 2.35. The average molecular weight is 280 g/mol. The topological polar surface area (TPSA) is 55.9 Å². The third-order valence-corrected chi connectivity index (χ3v) is 4.44. The zero-order chi connectivity index (χ0) is 13.9. The Balaban J connectivity index is 1.40. The summed E-state index contributed by atoms with van der Waals surface area (Å²) >= 11 is 0. The Labute approximate surface area is 120 Å². The summed E-state index contributed by atoms with van der Waals surface area (Å²) in [5, 5.41) is 3.25. The molecule has 0 aromatic rings. The summed E-state index contributed by atoms with van der Waals surface area (Å²) in [4.78, 5) is 30.2. The van der Waals surface area contributed by atoms with Crippen LogP contribution in [0, 0.1) is 0 Å². The van der Waals surface area contributed by atoms with E-state index in [1.165, 1.54) is 12.8 Å². The van der Waals surface area contributed by atoms with Crippen LogP contribution in [0.15, 0.2) is 0 Å². The van der Waals surface area contributed by atoms with Crippen molar-refractivity contribution < 1.29 is 9.59 Å². The van der Waals surface area contributed by atoms with Gasteiger partial charge in [-0.05, 0) is 12.8 Å². The Morgan fingerprint density at radius 3 is 2.55 bits per heavy atom. The molecule has 3 rings (SSSR count). The van der Waals surface area contributed by atoms with Crippen molar-refractivity contribution in [3.05, 3.63) is 0 Å². The Bertz CT molecular complexity index is 377. The van der Waals surface area contributed by atoms with E-state index in [9.17, 15) is 9.59 Å². The van der Waals surface area contributed by atoms with Crippen molar-refractivity contribution in [2.24, 2.45) is 0 Å². The number of nitrogens with one attached hydrogen (secondary N) is 1. The van der Waals surface area contributed by atoms with Gasteiger partial charge in [0.15, 0.2) is 0 Å². The van der Waals surface area contributed by atoms with Crippen LogP contribution >= 0.6 is 0 Å². The summed E-state index contributed by atoms with van der Waals surface area (Å²) in [6.45, 7) is 6.37. The van der Waals surface area contributed by atoms with Gasteiger partial charge in [0.2, 0.25) is 11.8 Å². The number of hydrogen-bond acceptors (Lipinski definition) is 4. The van der Waals surface area contributed by atoms with Crippen LogP contribution in [0.4, 0.5) is 0 Å². The largest absolute Gasteiger partial charge is 0.340 e. The standard InChI is InChI=1S/C14H24N4O2/c19-13(17-7-4-15-5-8-17)3-6-16-9-10-18(12-1-2-12)14(20)11-16/h12,15H,1-11H2. The molecule has 20 heavy (non-hydrogen) atoms. The molecule has 3 aliphatic rings. The van der Waals surface area contributed by atoms with E-state index in [1.54, 1.807) is 0 Å². The number of hydrogen-bond donors (Lipinski definition) is 1. The first kappa shape index (κ1) is 13.8. The van der Waals surface area contributed by atoms with Crippen LogP contribution in [0.2, 0.25) is 0 Å². The van der Waals surface area contributed by atoms with Crippen LogP contribution < -0.4 is 5.32 Å². The van der Waals surface area contributed by atoms with Crippen LogP contribution in [0.25, 0.3) is 0 Å². The normalized spacial score (nSPS) is 25.1. The summed E-state index contributed by atoms with van der Waals surface area (Å²) in [6.07, 6.45) is 2.89. The summed E-state index contributed by atoms with van der Waals surface area (Å²) in [7, 11) is 0. The number of nitrogens with zero attached hydrogens (tertiary/aromatic N) is 3. The van der Waals surface area contributed by atoms with Crippen molar-refractivity contribution in [2.75, 3.05) is 52.4 Å². The molecule has 2 saturated heterocycles. The fourth-order valence-electron chi connectivity index (χ4n) is 3.02. The number of carbonyl (C=O) groups excluding carboxylic acids is 2. The Hall–Kier alpha value is -1.14. The van der Waals surface area contributed by atoms with Gasteiger partial charge in [-0.25, -0.2) is 0 Å². The van der Waals surface area contributed by atoms with Crippen LogP contribution in [0.5, 0.6) is 0 Å². The monoisotopic (exact) mass is 280 g/mol. The SMILES string of the molecule is O=C(CCN1CCN(C2CC2)C(=O)C1)N1CCNCC1. The smallest absolute Gasteiger partial charge is 0.237 e. The maximum Gasteiger partial charge on any atom is 0.237 e. The molecular formula is C14H24N4O2. The number of piperazine rings is 2. The van der Waals surface area contributed by atoms with Gasteiger partial charge >= 0.3 is 0 Å². The molecule has 6 heteroatoms. The van der Waals surface area contributed by atoms with Crippen LogP contribution in [0.1, 0.15) is 19.3 Å². The molecule has 0 radical (unpaired) electrons. The zero-order valence-electron chi connectivity index (χ0n) is 12.0. The predicted octanol–water partition coefficient (Wildman–Crippen LogP) is -0.885. The average Bonchev–Trinajstić information content (AvgIpc) is 3.30. The fraction of sp³-hybridized carbons (Fsp3) is 0.857. The van der Waals surface area contributed by atoms with E-state index in [4.69, 9.17) is 0 Å². The molecule has 0 aromatic carbocycles. The lowest BCUT2D eigenvalue weighted by Gasteiger charge is -2.35. The molecule has 0 bridgehead atoms. The molecule has 2 aliphatic heterocycles. The van der Waals surface area contributed by atoms with Crippen molar-refractivity contribution in [3.8, 4) is 0 Å². The van der Waals surface area contributed by atoms with Crippen molar-refractivity contribution in [3.63, 3.8) is 0 Å². The third kappa shape index (κ3) is 3.30. The van der Waals surface area contributed by atoms with Crippen molar-refractivity contribution in [2.45, 2.75) is 25.3 Å². The maximum atomic E-state index is 12.1. The van der Waals surface area contributed by atoms with E-state index in [0.717, 1.165) is 39.3 Å². The lowest BCUT2D eigenvalue weighted by molar-refractivity contribution is -0.138. The summed E-state index contributed by atoms with van der Waals surface area (Å²) in [5.41, 5.74) is 0. The van der Waals surface area contributed by atoms with Crippen molar-refractivity contribution >= 4 is 11.8 Å². The maximum absolute atomic E-state index is 12.1. The number of rotatable bonds is 4. The Morgan fingerprint density at radius 2 is 1.90 bits per heavy atom. The molecule has 1 N–H and O–H groups in total. The van der Waals surface area contributed by atoms with Gasteiger partial charge in [-0.15, -0.1) is 0 Å². The first-order valence-corrected chi connectivity index (χ1v) is 7.74. The van der Waals surface area contributed by atoms with Gasteiger partial charge < -0.3 is 15.1 Å². The molecule has 2 amide bonds. The molecule has 0 unspecified atom stereocenters. The molecule has 1 aliphatic carbocycles. The lowest BCUT2D eigenvalue weighted by Crippen LogP contribution is -2.52. The third-order valence-electron chi connectivity index (χ3n) is 4.44. The van der Waals surface area contributed by atoms with E-state index in [-0.39, 0.29) is 11.8 Å². The minimum Gasteiger partial charge on any atom is -0.340 e. The van der Waals surface area contributed by atoms with Gasteiger partial charge in [-0.3, -0.25) is 14.5 Å². The minimum absolute atomic E-state index is 0.226. The molecule has 0 atom stereocenters. The van der Waals surface area contributed by atoms with Crippen molar-refractivity contribution in [1.82, 2.24) is 20.0 Å². The van der Waals surface area contributed by atoms with Crippen LogP contribution in [0.3, 0.4) is 0 Å². The molecule has 1 saturated carbocycles. The fourth-order valence-corrected chi connectivity index (χ4v) is 3.02. The first-order chi connectivity index (χ1) is 9.74. The van der Waals surface area contributed by atoms with Crippen LogP contribution in [-0.2, 0) is 9.59 Å². The highest BCUT2D eigenvalue weighted by Crippen LogP contribution is 2.27. The molecule has 112 valence electrons. The molecule has 0 spiro atoms. The zero-order valence-corrected chi connectivity index (χ0v) is 12.0. The van der Waals surface area contributed by atoms with Gasteiger partial charge in [-0.2, -0.15) is 0 Å². The van der Waals surface area contributed by atoms with Gasteiger partial charge in [0, 0.05) is 58.3 Å². The predicted molar refractivity (Wildman–Crippen MR) is 75.2 cm³/mol. The molecule has 3 fully saturated rings. The minimum atomic E-state index is 0.226.